The molecule has 6 heteroatoms. The zero-order chi connectivity index (χ0) is 11.4. The number of aromatic nitrogens is 2. The van der Waals surface area contributed by atoms with Gasteiger partial charge in [0.15, 0.2) is 5.16 Å². The average Bonchev–Trinajstić information content (AvgIpc) is 2.69. The largest absolute Gasteiger partial charge is 0.383 e. The lowest BCUT2D eigenvalue weighted by Gasteiger charge is -2.13. The first-order valence-electron chi connectivity index (χ1n) is 5.46. The van der Waals surface area contributed by atoms with Crippen LogP contribution in [-0.4, -0.2) is 40.3 Å². The molecule has 1 fully saturated rings. The SMILES string of the molecule is Nc1cc(=O)[nH]c(SCCN2CCCC2)n1. The number of nitrogen functional groups attached to an aromatic ring is 1. The van der Waals surface area contributed by atoms with Crippen molar-refractivity contribution in [2.45, 2.75) is 18.0 Å². The summed E-state index contributed by atoms with van der Waals surface area (Å²) >= 11 is 1.55. The second-order valence-corrected chi connectivity index (χ2v) is 4.96. The number of nitrogens with two attached hydrogens (primary N) is 1. The second kappa shape index (κ2) is 5.36. The van der Waals surface area contributed by atoms with Crippen molar-refractivity contribution in [1.82, 2.24) is 14.9 Å². The molecule has 0 aromatic carbocycles. The number of likely N-dealkylation sites (tertiary alicyclic amines) is 1. The molecule has 0 aliphatic carbocycles. The molecule has 2 heterocycles. The third-order valence-electron chi connectivity index (χ3n) is 2.58. The van der Waals surface area contributed by atoms with E-state index in [1.165, 1.54) is 32.0 Å². The van der Waals surface area contributed by atoms with Crippen LogP contribution in [0.5, 0.6) is 0 Å². The summed E-state index contributed by atoms with van der Waals surface area (Å²) in [5, 5.41) is 0.615. The quantitative estimate of drug-likeness (QED) is 0.593. The Morgan fingerprint density at radius 2 is 2.25 bits per heavy atom. The monoisotopic (exact) mass is 240 g/mol. The van der Waals surface area contributed by atoms with Crippen LogP contribution in [0.25, 0.3) is 0 Å². The number of rotatable bonds is 4. The van der Waals surface area contributed by atoms with Gasteiger partial charge in [0.2, 0.25) is 0 Å². The van der Waals surface area contributed by atoms with Crippen molar-refractivity contribution in [2.75, 3.05) is 31.1 Å². The van der Waals surface area contributed by atoms with E-state index in [-0.39, 0.29) is 11.4 Å². The lowest BCUT2D eigenvalue weighted by Crippen LogP contribution is -2.22. The summed E-state index contributed by atoms with van der Waals surface area (Å²) in [6.45, 7) is 3.44. The van der Waals surface area contributed by atoms with E-state index in [1.54, 1.807) is 11.8 Å². The van der Waals surface area contributed by atoms with Crippen LogP contribution in [0.15, 0.2) is 16.0 Å². The minimum Gasteiger partial charge on any atom is -0.383 e. The Morgan fingerprint density at radius 1 is 1.50 bits per heavy atom. The van der Waals surface area contributed by atoms with Crippen LogP contribution in [0.4, 0.5) is 5.82 Å². The number of hydrogen-bond acceptors (Lipinski definition) is 5. The molecule has 1 aliphatic heterocycles. The first-order valence-corrected chi connectivity index (χ1v) is 6.44. The first-order chi connectivity index (χ1) is 7.74. The zero-order valence-electron chi connectivity index (χ0n) is 9.11. The molecule has 2 rings (SSSR count). The van der Waals surface area contributed by atoms with Gasteiger partial charge in [-0.15, -0.1) is 0 Å². The maximum absolute atomic E-state index is 11.1. The highest BCUT2D eigenvalue weighted by Crippen LogP contribution is 2.14. The average molecular weight is 240 g/mol. The number of nitrogens with one attached hydrogen (secondary N) is 1. The summed E-state index contributed by atoms with van der Waals surface area (Å²) in [6.07, 6.45) is 2.61. The lowest BCUT2D eigenvalue weighted by molar-refractivity contribution is 0.362. The van der Waals surface area contributed by atoms with Gasteiger partial charge < -0.3 is 15.6 Å². The predicted molar refractivity (Wildman–Crippen MR) is 65.7 cm³/mol. The molecule has 5 nitrogen and oxygen atoms in total. The van der Waals surface area contributed by atoms with Gasteiger partial charge >= 0.3 is 0 Å². The Morgan fingerprint density at radius 3 is 2.94 bits per heavy atom. The van der Waals surface area contributed by atoms with Crippen molar-refractivity contribution in [3.8, 4) is 0 Å². The molecule has 0 radical (unpaired) electrons. The van der Waals surface area contributed by atoms with Crippen molar-refractivity contribution in [1.29, 1.82) is 0 Å². The highest BCUT2D eigenvalue weighted by Gasteiger charge is 2.10. The number of H-pyrrole nitrogens is 1. The fourth-order valence-corrected chi connectivity index (χ4v) is 2.68. The van der Waals surface area contributed by atoms with Gasteiger partial charge in [0.1, 0.15) is 5.82 Å². The fraction of sp³-hybridized carbons (Fsp3) is 0.600. The summed E-state index contributed by atoms with van der Waals surface area (Å²) in [7, 11) is 0. The van der Waals surface area contributed by atoms with Gasteiger partial charge in [0, 0.05) is 18.4 Å². The Kier molecular flexibility index (Phi) is 3.84. The normalized spacial score (nSPS) is 16.8. The minimum atomic E-state index is -0.184. The lowest BCUT2D eigenvalue weighted by atomic mass is 10.4. The summed E-state index contributed by atoms with van der Waals surface area (Å²) in [5.74, 6) is 1.22. The summed E-state index contributed by atoms with van der Waals surface area (Å²) in [6, 6.07) is 1.30. The predicted octanol–water partition coefficient (Wildman–Crippen LogP) is 0.540. The molecule has 0 bridgehead atoms. The highest BCUT2D eigenvalue weighted by atomic mass is 32.2. The second-order valence-electron chi connectivity index (χ2n) is 3.87. The molecule has 16 heavy (non-hydrogen) atoms. The van der Waals surface area contributed by atoms with Gasteiger partial charge in [-0.05, 0) is 25.9 Å². The van der Waals surface area contributed by atoms with Crippen molar-refractivity contribution < 1.29 is 0 Å². The van der Waals surface area contributed by atoms with E-state index in [9.17, 15) is 4.79 Å². The van der Waals surface area contributed by atoms with Crippen molar-refractivity contribution in [3.63, 3.8) is 0 Å². The molecule has 1 aromatic heterocycles. The summed E-state index contributed by atoms with van der Waals surface area (Å²) in [4.78, 5) is 20.3. The Balaban J connectivity index is 1.82. The van der Waals surface area contributed by atoms with E-state index in [2.05, 4.69) is 14.9 Å². The minimum absolute atomic E-state index is 0.184. The van der Waals surface area contributed by atoms with Gasteiger partial charge in [0.25, 0.3) is 5.56 Å². The molecule has 1 saturated heterocycles. The fourth-order valence-electron chi connectivity index (χ4n) is 1.80. The van der Waals surface area contributed by atoms with Crippen LogP contribution < -0.4 is 11.3 Å². The molecule has 0 spiro atoms. The maximum Gasteiger partial charge on any atom is 0.253 e. The highest BCUT2D eigenvalue weighted by molar-refractivity contribution is 7.99. The standard InChI is InChI=1S/C10H16N4OS/c11-8-7-9(15)13-10(12-8)16-6-5-14-3-1-2-4-14/h7H,1-6H2,(H3,11,12,13,15). The van der Waals surface area contributed by atoms with Gasteiger partial charge in [-0.3, -0.25) is 4.79 Å². The van der Waals surface area contributed by atoms with E-state index in [1.807, 2.05) is 0 Å². The molecule has 1 aliphatic rings. The molecule has 1 aromatic rings. The van der Waals surface area contributed by atoms with Crippen molar-refractivity contribution >= 4 is 17.6 Å². The number of hydrogen-bond donors (Lipinski definition) is 2. The van der Waals surface area contributed by atoms with Gasteiger partial charge in [-0.2, -0.15) is 0 Å². The number of thioether (sulfide) groups is 1. The van der Waals surface area contributed by atoms with Crippen LogP contribution in [0.2, 0.25) is 0 Å². The first kappa shape index (κ1) is 11.5. The molecule has 88 valence electrons. The molecular weight excluding hydrogens is 224 g/mol. The van der Waals surface area contributed by atoms with E-state index in [4.69, 9.17) is 5.73 Å². The Bertz CT molecular complexity index is 400. The smallest absolute Gasteiger partial charge is 0.253 e. The Labute approximate surface area is 98.4 Å². The maximum atomic E-state index is 11.1. The topological polar surface area (TPSA) is 75.0 Å². The number of anilines is 1. The molecular formula is C10H16N4OS. The van der Waals surface area contributed by atoms with Crippen LogP contribution in [0.3, 0.4) is 0 Å². The molecule has 0 amide bonds. The molecule has 0 saturated carbocycles. The van der Waals surface area contributed by atoms with E-state index >= 15 is 0 Å². The number of aromatic amines is 1. The van der Waals surface area contributed by atoms with Crippen molar-refractivity contribution in [2.24, 2.45) is 0 Å². The van der Waals surface area contributed by atoms with Gasteiger partial charge in [0.05, 0.1) is 0 Å². The van der Waals surface area contributed by atoms with E-state index in [0.29, 0.717) is 5.16 Å². The molecule has 3 N–H and O–H groups in total. The third-order valence-corrected chi connectivity index (χ3v) is 3.44. The molecule has 0 atom stereocenters. The number of nitrogens with zero attached hydrogens (tertiary/aromatic N) is 2. The van der Waals surface area contributed by atoms with Crippen LogP contribution in [0.1, 0.15) is 12.8 Å². The van der Waals surface area contributed by atoms with Crippen LogP contribution in [0, 0.1) is 0 Å². The zero-order valence-corrected chi connectivity index (χ0v) is 9.92. The molecule has 0 unspecified atom stereocenters. The van der Waals surface area contributed by atoms with Gasteiger partial charge in [-0.25, -0.2) is 4.98 Å². The Hall–Kier alpha value is -1.01. The van der Waals surface area contributed by atoms with Crippen molar-refractivity contribution in [3.05, 3.63) is 16.4 Å². The van der Waals surface area contributed by atoms with E-state index < -0.39 is 0 Å². The summed E-state index contributed by atoms with van der Waals surface area (Å²) < 4.78 is 0. The van der Waals surface area contributed by atoms with Gasteiger partial charge in [-0.1, -0.05) is 11.8 Å². The van der Waals surface area contributed by atoms with Crippen LogP contribution >= 0.6 is 11.8 Å². The van der Waals surface area contributed by atoms with E-state index in [0.717, 1.165) is 12.3 Å². The van der Waals surface area contributed by atoms with Crippen LogP contribution in [-0.2, 0) is 0 Å². The summed E-state index contributed by atoms with van der Waals surface area (Å²) in [5.41, 5.74) is 5.31. The third kappa shape index (κ3) is 3.24.